The number of aliphatic carboxylic acids is 1. The van der Waals surface area contributed by atoms with Crippen LogP contribution in [0.2, 0.25) is 0 Å². The molecule has 0 unspecified atom stereocenters. The molecular weight excluding hydrogens is 384 g/mol. The number of piperidine rings is 1. The SMILES string of the molecule is CC(C)c1cc(C2(C(=O)O)CCN(c3cnnc(-c4ccccc4O)c3)CC2)no1. The number of carboxylic acids is 1. The van der Waals surface area contributed by atoms with Gasteiger partial charge in [0.1, 0.15) is 22.6 Å². The van der Waals surface area contributed by atoms with Gasteiger partial charge in [0.2, 0.25) is 0 Å². The van der Waals surface area contributed by atoms with E-state index >= 15 is 0 Å². The van der Waals surface area contributed by atoms with Gasteiger partial charge < -0.3 is 19.6 Å². The summed E-state index contributed by atoms with van der Waals surface area (Å²) >= 11 is 0. The van der Waals surface area contributed by atoms with Crippen molar-refractivity contribution in [2.24, 2.45) is 0 Å². The number of phenolic OH excluding ortho intramolecular Hbond substituents is 1. The van der Waals surface area contributed by atoms with E-state index in [0.29, 0.717) is 48.6 Å². The standard InChI is InChI=1S/C22H24N4O4/c1-14(2)19-12-20(25-30-19)22(21(28)29)7-9-26(10-8-22)15-11-17(24-23-13-15)16-5-3-4-6-18(16)27/h3-6,11-14,27H,7-10H2,1-2H3,(H,28,29). The summed E-state index contributed by atoms with van der Waals surface area (Å²) in [4.78, 5) is 14.3. The molecule has 3 heterocycles. The molecule has 1 saturated heterocycles. The molecule has 1 aliphatic rings. The Kier molecular flexibility index (Phi) is 5.15. The predicted molar refractivity (Wildman–Crippen MR) is 110 cm³/mol. The fraction of sp³-hybridized carbons (Fsp3) is 0.364. The van der Waals surface area contributed by atoms with E-state index in [1.165, 1.54) is 0 Å². The average molecular weight is 408 g/mol. The summed E-state index contributed by atoms with van der Waals surface area (Å²) in [5, 5.41) is 32.4. The first kappa shape index (κ1) is 19.9. The Hall–Kier alpha value is -3.42. The quantitative estimate of drug-likeness (QED) is 0.659. The van der Waals surface area contributed by atoms with E-state index in [1.54, 1.807) is 30.5 Å². The average Bonchev–Trinajstić information content (AvgIpc) is 3.25. The lowest BCUT2D eigenvalue weighted by molar-refractivity contribution is -0.145. The first-order valence-corrected chi connectivity index (χ1v) is 9.97. The minimum absolute atomic E-state index is 0.138. The second-order valence-electron chi connectivity index (χ2n) is 7.96. The van der Waals surface area contributed by atoms with Crippen molar-refractivity contribution in [3.05, 3.63) is 54.0 Å². The normalized spacial score (nSPS) is 16.0. The van der Waals surface area contributed by atoms with Crippen molar-refractivity contribution in [3.63, 3.8) is 0 Å². The summed E-state index contributed by atoms with van der Waals surface area (Å²) in [6, 6.07) is 10.6. The maximum absolute atomic E-state index is 12.2. The number of aromatic hydroxyl groups is 1. The summed E-state index contributed by atoms with van der Waals surface area (Å²) in [6.45, 7) is 5.03. The van der Waals surface area contributed by atoms with Crippen molar-refractivity contribution in [1.29, 1.82) is 0 Å². The fourth-order valence-electron chi connectivity index (χ4n) is 3.86. The Morgan fingerprint density at radius 1 is 1.20 bits per heavy atom. The summed E-state index contributed by atoms with van der Waals surface area (Å²) < 4.78 is 5.37. The Bertz CT molecular complexity index is 1050. The van der Waals surface area contributed by atoms with Crippen LogP contribution in [0.5, 0.6) is 5.75 Å². The zero-order valence-corrected chi connectivity index (χ0v) is 16.9. The molecule has 8 nitrogen and oxygen atoms in total. The highest BCUT2D eigenvalue weighted by atomic mass is 16.5. The van der Waals surface area contributed by atoms with Crippen molar-refractivity contribution < 1.29 is 19.5 Å². The molecule has 1 aliphatic heterocycles. The monoisotopic (exact) mass is 408 g/mol. The van der Waals surface area contributed by atoms with Gasteiger partial charge in [-0.15, -0.1) is 0 Å². The molecule has 0 saturated carbocycles. The number of hydrogen-bond donors (Lipinski definition) is 2. The van der Waals surface area contributed by atoms with Crippen LogP contribution >= 0.6 is 0 Å². The van der Waals surface area contributed by atoms with Gasteiger partial charge in [-0.25, -0.2) is 0 Å². The van der Waals surface area contributed by atoms with Crippen molar-refractivity contribution >= 4 is 11.7 Å². The Balaban J connectivity index is 1.57. The van der Waals surface area contributed by atoms with Crippen LogP contribution in [0.1, 0.15) is 44.1 Å². The Morgan fingerprint density at radius 3 is 2.57 bits per heavy atom. The summed E-state index contributed by atoms with van der Waals surface area (Å²) in [5.74, 6) is 0.0968. The van der Waals surface area contributed by atoms with Crippen LogP contribution in [0, 0.1) is 0 Å². The van der Waals surface area contributed by atoms with Crippen LogP contribution < -0.4 is 4.90 Å². The summed E-state index contributed by atoms with van der Waals surface area (Å²) in [5.41, 5.74) is 1.44. The Morgan fingerprint density at radius 2 is 1.93 bits per heavy atom. The van der Waals surface area contributed by atoms with Gasteiger partial charge in [-0.05, 0) is 31.0 Å². The molecule has 1 aromatic carbocycles. The highest BCUT2D eigenvalue weighted by Gasteiger charge is 2.46. The Labute approximate surface area is 174 Å². The van der Waals surface area contributed by atoms with E-state index in [4.69, 9.17) is 4.52 Å². The number of carboxylic acid groups (broad SMARTS) is 1. The molecule has 0 radical (unpaired) electrons. The van der Waals surface area contributed by atoms with E-state index in [1.807, 2.05) is 26.0 Å². The lowest BCUT2D eigenvalue weighted by atomic mass is 9.75. The molecular formula is C22H24N4O4. The van der Waals surface area contributed by atoms with Gasteiger partial charge in [0.25, 0.3) is 0 Å². The first-order chi connectivity index (χ1) is 14.4. The topological polar surface area (TPSA) is 113 Å². The maximum Gasteiger partial charge on any atom is 0.316 e. The van der Waals surface area contributed by atoms with Gasteiger partial charge in [-0.3, -0.25) is 4.79 Å². The molecule has 0 atom stereocenters. The molecule has 30 heavy (non-hydrogen) atoms. The van der Waals surface area contributed by atoms with Crippen LogP contribution in [0.15, 0.2) is 47.1 Å². The molecule has 2 aromatic heterocycles. The molecule has 0 bridgehead atoms. The van der Waals surface area contributed by atoms with Crippen LogP contribution in [-0.2, 0) is 10.2 Å². The van der Waals surface area contributed by atoms with Crippen molar-refractivity contribution in [2.45, 2.75) is 38.0 Å². The molecule has 156 valence electrons. The number of rotatable bonds is 5. The third kappa shape index (κ3) is 3.49. The summed E-state index contributed by atoms with van der Waals surface area (Å²) in [6.07, 6.45) is 2.46. The number of phenols is 1. The van der Waals surface area contributed by atoms with Gasteiger partial charge >= 0.3 is 5.97 Å². The zero-order valence-electron chi connectivity index (χ0n) is 16.9. The lowest BCUT2D eigenvalue weighted by Crippen LogP contribution is -2.47. The van der Waals surface area contributed by atoms with Gasteiger partial charge in [-0.1, -0.05) is 31.1 Å². The third-order valence-electron chi connectivity index (χ3n) is 5.80. The third-order valence-corrected chi connectivity index (χ3v) is 5.80. The molecule has 1 fully saturated rings. The van der Waals surface area contributed by atoms with Gasteiger partial charge in [0, 0.05) is 30.6 Å². The van der Waals surface area contributed by atoms with E-state index in [0.717, 1.165) is 5.69 Å². The molecule has 0 spiro atoms. The van der Waals surface area contributed by atoms with Crippen molar-refractivity contribution in [3.8, 4) is 17.0 Å². The highest BCUT2D eigenvalue weighted by Crippen LogP contribution is 2.38. The number of carbonyl (C=O) groups is 1. The highest BCUT2D eigenvalue weighted by molar-refractivity contribution is 5.81. The largest absolute Gasteiger partial charge is 0.507 e. The number of anilines is 1. The second-order valence-corrected chi connectivity index (χ2v) is 7.96. The van der Waals surface area contributed by atoms with E-state index in [-0.39, 0.29) is 11.7 Å². The van der Waals surface area contributed by atoms with Gasteiger partial charge in [0.05, 0.1) is 17.6 Å². The molecule has 3 aromatic rings. The fourth-order valence-corrected chi connectivity index (χ4v) is 3.86. The van der Waals surface area contributed by atoms with Crippen LogP contribution in [0.4, 0.5) is 5.69 Å². The molecule has 8 heteroatoms. The lowest BCUT2D eigenvalue weighted by Gasteiger charge is -2.38. The van der Waals surface area contributed by atoms with Gasteiger partial charge in [0.15, 0.2) is 0 Å². The van der Waals surface area contributed by atoms with E-state index < -0.39 is 11.4 Å². The molecule has 4 rings (SSSR count). The van der Waals surface area contributed by atoms with Crippen molar-refractivity contribution in [2.75, 3.05) is 18.0 Å². The van der Waals surface area contributed by atoms with Crippen molar-refractivity contribution in [1.82, 2.24) is 15.4 Å². The number of benzene rings is 1. The van der Waals surface area contributed by atoms with Gasteiger partial charge in [-0.2, -0.15) is 10.2 Å². The smallest absolute Gasteiger partial charge is 0.316 e. The minimum Gasteiger partial charge on any atom is -0.507 e. The van der Waals surface area contributed by atoms with Crippen LogP contribution in [0.25, 0.3) is 11.3 Å². The first-order valence-electron chi connectivity index (χ1n) is 9.97. The molecule has 0 amide bonds. The zero-order chi connectivity index (χ0) is 21.3. The van der Waals surface area contributed by atoms with Crippen LogP contribution in [0.3, 0.4) is 0 Å². The van der Waals surface area contributed by atoms with Crippen LogP contribution in [-0.4, -0.2) is 44.6 Å². The number of para-hydroxylation sites is 1. The summed E-state index contributed by atoms with van der Waals surface area (Å²) in [7, 11) is 0. The minimum atomic E-state index is -1.06. The maximum atomic E-state index is 12.2. The van der Waals surface area contributed by atoms with E-state index in [9.17, 15) is 15.0 Å². The number of aromatic nitrogens is 3. The molecule has 2 N–H and O–H groups in total. The predicted octanol–water partition coefficient (Wildman–Crippen LogP) is 3.58. The second kappa shape index (κ2) is 7.78. The molecule has 0 aliphatic carbocycles. The number of nitrogens with zero attached hydrogens (tertiary/aromatic N) is 4. The number of hydrogen-bond acceptors (Lipinski definition) is 7. The van der Waals surface area contributed by atoms with E-state index in [2.05, 4.69) is 20.3 Å².